The van der Waals surface area contributed by atoms with Crippen molar-refractivity contribution < 1.29 is 85.6 Å². The number of Topliss-reactive ketones (excluding diaryl/α,β-unsaturated/α-hetero) is 2. The summed E-state index contributed by atoms with van der Waals surface area (Å²) in [7, 11) is 1.64. The maximum atomic E-state index is 13.2. The molecule has 24 nitrogen and oxygen atoms in total. The number of imide groups is 2. The van der Waals surface area contributed by atoms with E-state index in [0.29, 0.717) is 162 Å². The summed E-state index contributed by atoms with van der Waals surface area (Å²) in [6.07, 6.45) is 3.03. The molecule has 3 aliphatic heterocycles. The topological polar surface area (TPSA) is 272 Å². The van der Waals surface area contributed by atoms with Gasteiger partial charge in [-0.1, -0.05) is 36.7 Å². The fraction of sp³-hybridized carbons (Fsp3) is 0.597. The number of nitrogens with one attached hydrogen (secondary N) is 1. The van der Waals surface area contributed by atoms with Crippen LogP contribution in [-0.4, -0.2) is 219 Å². The van der Waals surface area contributed by atoms with Gasteiger partial charge in [0, 0.05) is 73.6 Å². The van der Waals surface area contributed by atoms with Crippen molar-refractivity contribution in [2.24, 2.45) is 4.99 Å². The van der Waals surface area contributed by atoms with Crippen LogP contribution in [0, 0.1) is 20.8 Å². The van der Waals surface area contributed by atoms with Gasteiger partial charge in [-0.3, -0.25) is 48.5 Å². The fourth-order valence-corrected chi connectivity index (χ4v) is 10.6. The molecule has 1 fully saturated rings. The van der Waals surface area contributed by atoms with Crippen LogP contribution in [0.2, 0.25) is 5.02 Å². The smallest absolute Gasteiger partial charge is 0.266 e. The molecule has 0 radical (unpaired) electrons. The number of methoxy groups -OCH3 is 1. The van der Waals surface area contributed by atoms with E-state index in [-0.39, 0.29) is 60.7 Å². The summed E-state index contributed by atoms with van der Waals surface area (Å²) in [4.78, 5) is 82.3. The first-order valence-electron chi connectivity index (χ1n) is 30.0. The van der Waals surface area contributed by atoms with Crippen LogP contribution in [-0.2, 0) is 71.3 Å². The van der Waals surface area contributed by atoms with Crippen LogP contribution in [0.5, 0.6) is 5.75 Å². The van der Waals surface area contributed by atoms with E-state index in [2.05, 4.69) is 40.9 Å². The van der Waals surface area contributed by atoms with Crippen molar-refractivity contribution in [1.82, 2.24) is 25.0 Å². The van der Waals surface area contributed by atoms with E-state index in [0.717, 1.165) is 51.2 Å². The molecule has 4 aromatic rings. The van der Waals surface area contributed by atoms with Crippen LogP contribution in [0.1, 0.15) is 118 Å². The molecule has 1 saturated heterocycles. The van der Waals surface area contributed by atoms with Crippen LogP contribution in [0.25, 0.3) is 5.00 Å². The van der Waals surface area contributed by atoms with Crippen LogP contribution in [0.3, 0.4) is 0 Å². The summed E-state index contributed by atoms with van der Waals surface area (Å²) in [5, 5.41) is 12.7. The Morgan fingerprint density at radius 3 is 1.69 bits per heavy atom. The number of aryl methyl sites for hydroxylation is 2. The summed E-state index contributed by atoms with van der Waals surface area (Å²) in [6.45, 7) is 18.6. The number of fused-ring (bicyclic) bond motifs is 4. The molecule has 1 unspecified atom stereocenters. The number of carbonyl (C=O) groups excluding carboxylic acids is 6. The molecule has 5 heterocycles. The van der Waals surface area contributed by atoms with Gasteiger partial charge in [-0.2, -0.15) is 0 Å². The quantitative estimate of drug-likeness (QED) is 0.0362. The summed E-state index contributed by atoms with van der Waals surface area (Å²) < 4.78 is 67.1. The Bertz CT molecular complexity index is 2870. The molecule has 2 aromatic carbocycles. The Labute approximate surface area is 523 Å². The summed E-state index contributed by atoms with van der Waals surface area (Å²) >= 11 is 7.90. The van der Waals surface area contributed by atoms with Gasteiger partial charge in [0.05, 0.1) is 136 Å². The number of hydrogen-bond acceptors (Lipinski definition) is 22. The minimum Gasteiger partial charge on any atom is -0.485 e. The predicted octanol–water partition coefficient (Wildman–Crippen LogP) is 6.58. The molecule has 0 bridgehead atoms. The molecular weight excluding hydrogens is 1180 g/mol. The molecule has 0 aliphatic carbocycles. The monoisotopic (exact) mass is 1270 g/mol. The van der Waals surface area contributed by atoms with Crippen LogP contribution in [0.4, 0.5) is 0 Å². The third-order valence-corrected chi connectivity index (χ3v) is 15.3. The number of amides is 4. The van der Waals surface area contributed by atoms with Gasteiger partial charge in [0.2, 0.25) is 11.8 Å². The number of hydrogen-bond donors (Lipinski definition) is 1. The molecule has 0 saturated carbocycles. The SMILES string of the molecule is CCCOCCOCCOCCOCCCC(=O)COc1cccc2c1C(=O)N(C1CCC(=O)NC1=O)C2=O.COCCOCCOCCOCCOCCOCCOCCCC(=O)C[C@@H]1N=C(c2ccc(Cl)cc2)c2c(sc(C)c2C)-n2c(C)nnc21. The lowest BCUT2D eigenvalue weighted by atomic mass is 9.99. The number of piperidine rings is 1. The highest BCUT2D eigenvalue weighted by Crippen LogP contribution is 2.40. The number of nitrogens with zero attached hydrogens (tertiary/aromatic N) is 5. The van der Waals surface area contributed by atoms with Crippen molar-refractivity contribution in [3.63, 3.8) is 0 Å². The molecular formula is C62H85ClN6O18S. The van der Waals surface area contributed by atoms with Gasteiger partial charge in [0.25, 0.3) is 11.8 Å². The fourth-order valence-electron chi connectivity index (χ4n) is 9.28. The first kappa shape index (κ1) is 71.3. The first-order valence-corrected chi connectivity index (χ1v) is 31.2. The Hall–Kier alpha value is -5.78. The molecule has 88 heavy (non-hydrogen) atoms. The maximum absolute atomic E-state index is 13.2. The largest absolute Gasteiger partial charge is 0.485 e. The van der Waals surface area contributed by atoms with Crippen LogP contribution < -0.4 is 10.1 Å². The minimum atomic E-state index is -1.07. The highest BCUT2D eigenvalue weighted by Gasteiger charge is 2.46. The highest BCUT2D eigenvalue weighted by molar-refractivity contribution is 7.15. The van der Waals surface area contributed by atoms with Crippen LogP contribution in [0.15, 0.2) is 47.5 Å². The van der Waals surface area contributed by atoms with Crippen molar-refractivity contribution in [3.05, 3.63) is 91.8 Å². The number of ketones is 2. The van der Waals surface area contributed by atoms with Gasteiger partial charge in [-0.05, 0) is 76.3 Å². The Morgan fingerprint density at radius 2 is 1.16 bits per heavy atom. The standard InChI is InChI=1S/C35H49ClN4O8S.C27H36N2O10/c1-25-26(2)49-35-32(25)33(28-7-9-29(36)10-8-28)37-31(34-39-38-27(3)40(34)35)24-30(41)6-5-11-43-14-15-45-18-19-47-22-23-48-21-20-46-17-16-44-13-12-42-4;1-2-10-35-12-14-37-16-17-38-15-13-36-11-4-5-19(30)18-39-22-7-3-6-20-24(22)27(34)29(26(20)33)21-8-9-23(31)28-25(21)32/h7-10,31H,5-6,11-24H2,1-4H3;3,6-7,21H,2,4-5,8-18H2,1H3,(H,28,31,32)/t31-;/m0./s1. The van der Waals surface area contributed by atoms with Crippen molar-refractivity contribution in [1.29, 1.82) is 0 Å². The number of carbonyl (C=O) groups is 6. The van der Waals surface area contributed by atoms with E-state index >= 15 is 0 Å². The van der Waals surface area contributed by atoms with Crippen molar-refractivity contribution in [2.75, 3.05) is 152 Å². The molecule has 2 atom stereocenters. The Kier molecular flexibility index (Phi) is 32.5. The summed E-state index contributed by atoms with van der Waals surface area (Å²) in [5.41, 5.74) is 4.11. The van der Waals surface area contributed by atoms with Crippen LogP contribution >= 0.6 is 22.9 Å². The molecule has 3 aliphatic rings. The van der Waals surface area contributed by atoms with Crippen molar-refractivity contribution >= 4 is 63.8 Å². The lowest BCUT2D eigenvalue weighted by Crippen LogP contribution is -2.54. The molecule has 4 amide bonds. The number of benzene rings is 2. The average Bonchev–Trinajstić information content (AvgIpc) is 1.79. The molecule has 484 valence electrons. The van der Waals surface area contributed by atoms with Gasteiger partial charge in [-0.15, -0.1) is 21.5 Å². The second-order valence-corrected chi connectivity index (χ2v) is 22.1. The zero-order valence-corrected chi connectivity index (χ0v) is 52.9. The average molecular weight is 1270 g/mol. The minimum absolute atomic E-state index is 0.0126. The van der Waals surface area contributed by atoms with E-state index in [1.165, 1.54) is 17.0 Å². The van der Waals surface area contributed by atoms with E-state index in [4.69, 9.17) is 73.4 Å². The molecule has 7 rings (SSSR count). The summed E-state index contributed by atoms with van der Waals surface area (Å²) in [6, 6.07) is 10.7. The number of halogens is 1. The number of aliphatic imine (C=N–C) groups is 1. The number of ether oxygens (including phenoxy) is 12. The van der Waals surface area contributed by atoms with Gasteiger partial charge < -0.3 is 56.8 Å². The maximum Gasteiger partial charge on any atom is 0.266 e. The van der Waals surface area contributed by atoms with E-state index in [1.54, 1.807) is 24.5 Å². The first-order chi connectivity index (χ1) is 42.8. The summed E-state index contributed by atoms with van der Waals surface area (Å²) in [5.74, 6) is -0.986. The lowest BCUT2D eigenvalue weighted by Gasteiger charge is -2.27. The van der Waals surface area contributed by atoms with Gasteiger partial charge in [0.1, 0.15) is 41.0 Å². The third kappa shape index (κ3) is 22.9. The normalized spacial score (nSPS) is 15.3. The zero-order chi connectivity index (χ0) is 62.9. The van der Waals surface area contributed by atoms with Gasteiger partial charge in [-0.25, -0.2) is 0 Å². The highest BCUT2D eigenvalue weighted by atomic mass is 35.5. The van der Waals surface area contributed by atoms with Crippen molar-refractivity contribution in [3.8, 4) is 10.8 Å². The zero-order valence-electron chi connectivity index (χ0n) is 51.3. The van der Waals surface area contributed by atoms with Gasteiger partial charge >= 0.3 is 0 Å². The number of aromatic nitrogens is 3. The molecule has 1 N–H and O–H groups in total. The van der Waals surface area contributed by atoms with E-state index in [1.807, 2.05) is 31.2 Å². The Balaban J connectivity index is 0.000000288. The number of rotatable bonds is 44. The number of thiophene rings is 1. The molecule has 26 heteroatoms. The Morgan fingerprint density at radius 1 is 0.636 bits per heavy atom. The third-order valence-electron chi connectivity index (χ3n) is 13.8. The van der Waals surface area contributed by atoms with Crippen molar-refractivity contribution in [2.45, 2.75) is 91.1 Å². The molecule has 2 aromatic heterocycles. The second kappa shape index (κ2) is 40.1. The molecule has 0 spiro atoms. The van der Waals surface area contributed by atoms with Gasteiger partial charge in [0.15, 0.2) is 11.6 Å². The second-order valence-electron chi connectivity index (χ2n) is 20.4. The van der Waals surface area contributed by atoms with E-state index < -0.39 is 35.7 Å². The predicted molar refractivity (Wildman–Crippen MR) is 325 cm³/mol. The lowest BCUT2D eigenvalue weighted by molar-refractivity contribution is -0.136. The van der Waals surface area contributed by atoms with E-state index in [9.17, 15) is 28.8 Å².